The summed E-state index contributed by atoms with van der Waals surface area (Å²) in [7, 11) is 0. The second-order valence-electron chi connectivity index (χ2n) is 10.8. The second kappa shape index (κ2) is 7.72. The van der Waals surface area contributed by atoms with E-state index in [-0.39, 0.29) is 31.0 Å². The first-order chi connectivity index (χ1) is 15.3. The minimum atomic E-state index is -1.95. The number of carbonyl (C=O) groups is 4. The van der Waals surface area contributed by atoms with Crippen LogP contribution in [-0.4, -0.2) is 52.6 Å². The molecule has 0 radical (unpaired) electrons. The van der Waals surface area contributed by atoms with Crippen LogP contribution in [-0.2, 0) is 28.7 Å². The Labute approximate surface area is 193 Å². The van der Waals surface area contributed by atoms with Crippen LogP contribution in [0.3, 0.4) is 0 Å². The highest BCUT2D eigenvalue weighted by Crippen LogP contribution is 2.70. The number of fused-ring (bicyclic) bond motifs is 5. The molecule has 0 unspecified atom stereocenters. The molecule has 0 aromatic carbocycles. The number of esters is 2. The largest absolute Gasteiger partial charge is 0.458 e. The number of carbonyl (C=O) groups excluding carboxylic acids is 4. The first-order valence-electron chi connectivity index (χ1n) is 11.8. The van der Waals surface area contributed by atoms with E-state index in [1.807, 2.05) is 6.92 Å². The molecule has 4 aliphatic rings. The minimum Gasteiger partial charge on any atom is -0.458 e. The monoisotopic (exact) mass is 464 g/mol. The number of aliphatic hydroxyl groups is 1. The number of ether oxygens (including phenoxy) is 2. The lowest BCUT2D eigenvalue weighted by atomic mass is 9.44. The van der Waals surface area contributed by atoms with Gasteiger partial charge in [0.1, 0.15) is 5.67 Å². The fourth-order valence-corrected chi connectivity index (χ4v) is 7.77. The van der Waals surface area contributed by atoms with Gasteiger partial charge in [-0.05, 0) is 50.5 Å². The smallest absolute Gasteiger partial charge is 0.303 e. The molecule has 4 aliphatic carbocycles. The zero-order valence-electron chi connectivity index (χ0n) is 19.7. The second-order valence-corrected chi connectivity index (χ2v) is 10.8. The van der Waals surface area contributed by atoms with Gasteiger partial charge < -0.3 is 14.6 Å². The molecule has 3 saturated carbocycles. The van der Waals surface area contributed by atoms with Crippen molar-refractivity contribution in [1.82, 2.24) is 0 Å². The number of rotatable bonds is 4. The summed E-state index contributed by atoms with van der Waals surface area (Å²) in [6, 6.07) is 0. The average Bonchev–Trinajstić information content (AvgIpc) is 3.00. The van der Waals surface area contributed by atoms with E-state index in [0.29, 0.717) is 25.7 Å². The molecule has 0 bridgehead atoms. The van der Waals surface area contributed by atoms with Crippen molar-refractivity contribution in [3.05, 3.63) is 11.6 Å². The zero-order chi connectivity index (χ0) is 24.4. The lowest BCUT2D eigenvalue weighted by molar-refractivity contribution is -0.232. The molecule has 0 aromatic heterocycles. The van der Waals surface area contributed by atoms with Crippen molar-refractivity contribution in [2.24, 2.45) is 22.7 Å². The van der Waals surface area contributed by atoms with Gasteiger partial charge in [-0.15, -0.1) is 0 Å². The van der Waals surface area contributed by atoms with Gasteiger partial charge in [-0.25, -0.2) is 4.39 Å². The number of allylic oxidation sites excluding steroid dienone is 1. The van der Waals surface area contributed by atoms with Gasteiger partial charge in [0.05, 0.1) is 6.10 Å². The van der Waals surface area contributed by atoms with Crippen LogP contribution in [0.5, 0.6) is 0 Å². The van der Waals surface area contributed by atoms with Crippen LogP contribution in [0.25, 0.3) is 0 Å². The molecule has 0 heterocycles. The molecule has 1 N–H and O–H groups in total. The molecule has 7 nitrogen and oxygen atoms in total. The standard InChI is InChI=1S/C25H33FO7/c1-14(27)32-13-21(31)24(33-15(2)28)10-8-18-19-6-5-16-11-17(29)7-9-22(16,3)25(19,26)20(30)12-23(18,24)4/h11,18-20,30H,5-10,12-13H2,1-4H3/t18-,19-,20-,22-,23-,24-,25-/m0/s1. The lowest BCUT2D eigenvalue weighted by Crippen LogP contribution is -2.70. The first-order valence-corrected chi connectivity index (χ1v) is 11.8. The van der Waals surface area contributed by atoms with Gasteiger partial charge in [0, 0.05) is 37.0 Å². The lowest BCUT2D eigenvalue weighted by Gasteiger charge is -2.63. The molecule has 0 aromatic rings. The maximum absolute atomic E-state index is 17.2. The van der Waals surface area contributed by atoms with Crippen LogP contribution in [0.15, 0.2) is 11.6 Å². The Bertz CT molecular complexity index is 943. The number of hydrogen-bond donors (Lipinski definition) is 1. The molecule has 0 aliphatic heterocycles. The van der Waals surface area contributed by atoms with Gasteiger partial charge in [-0.1, -0.05) is 19.4 Å². The molecular weight excluding hydrogens is 431 g/mol. The van der Waals surface area contributed by atoms with E-state index in [9.17, 15) is 24.3 Å². The van der Waals surface area contributed by atoms with Gasteiger partial charge in [-0.2, -0.15) is 0 Å². The van der Waals surface area contributed by atoms with Crippen molar-refractivity contribution < 1.29 is 38.1 Å². The first kappa shape index (κ1) is 24.0. The number of ketones is 2. The molecule has 3 fully saturated rings. The quantitative estimate of drug-likeness (QED) is 0.638. The Morgan fingerprint density at radius 3 is 2.42 bits per heavy atom. The summed E-state index contributed by atoms with van der Waals surface area (Å²) >= 11 is 0. The van der Waals surface area contributed by atoms with Crippen molar-refractivity contribution in [3.8, 4) is 0 Å². The van der Waals surface area contributed by atoms with E-state index in [1.54, 1.807) is 13.0 Å². The Morgan fingerprint density at radius 2 is 1.79 bits per heavy atom. The molecule has 0 amide bonds. The highest BCUT2D eigenvalue weighted by Gasteiger charge is 2.75. The predicted molar refractivity (Wildman–Crippen MR) is 115 cm³/mol. The van der Waals surface area contributed by atoms with Crippen molar-refractivity contribution in [2.45, 2.75) is 90.0 Å². The Morgan fingerprint density at radius 1 is 1.09 bits per heavy atom. The molecule has 7 atom stereocenters. The topological polar surface area (TPSA) is 107 Å². The molecular formula is C25H33FO7. The van der Waals surface area contributed by atoms with Crippen LogP contribution < -0.4 is 0 Å². The summed E-state index contributed by atoms with van der Waals surface area (Å²) in [6.07, 6.45) is 2.30. The third kappa shape index (κ3) is 3.16. The number of Topliss-reactive ketones (excluding diaryl/α,β-unsaturated/α-hetero) is 1. The molecule has 0 spiro atoms. The summed E-state index contributed by atoms with van der Waals surface area (Å²) in [5.74, 6) is -2.69. The molecule has 0 saturated heterocycles. The van der Waals surface area contributed by atoms with Crippen molar-refractivity contribution in [3.63, 3.8) is 0 Å². The highest BCUT2D eigenvalue weighted by atomic mass is 19.1. The van der Waals surface area contributed by atoms with Crippen molar-refractivity contribution >= 4 is 23.5 Å². The summed E-state index contributed by atoms with van der Waals surface area (Å²) in [5.41, 5.74) is -4.76. The Hall–Kier alpha value is -2.09. The van der Waals surface area contributed by atoms with Gasteiger partial charge in [-0.3, -0.25) is 19.2 Å². The summed E-state index contributed by atoms with van der Waals surface area (Å²) < 4.78 is 27.8. The zero-order valence-corrected chi connectivity index (χ0v) is 19.7. The minimum absolute atomic E-state index is 0.00882. The van der Waals surface area contributed by atoms with E-state index in [0.717, 1.165) is 5.57 Å². The maximum Gasteiger partial charge on any atom is 0.303 e. The van der Waals surface area contributed by atoms with Crippen molar-refractivity contribution in [1.29, 1.82) is 0 Å². The van der Waals surface area contributed by atoms with E-state index in [2.05, 4.69) is 0 Å². The summed E-state index contributed by atoms with van der Waals surface area (Å²) in [4.78, 5) is 48.8. The third-order valence-corrected chi connectivity index (χ3v) is 9.34. The summed E-state index contributed by atoms with van der Waals surface area (Å²) in [5, 5.41) is 11.4. The molecule has 33 heavy (non-hydrogen) atoms. The number of halogens is 1. The number of aliphatic hydroxyl groups excluding tert-OH is 1. The van der Waals surface area contributed by atoms with Crippen LogP contribution in [0.1, 0.15) is 72.6 Å². The molecule has 8 heteroatoms. The number of alkyl halides is 1. The Balaban J connectivity index is 1.77. The van der Waals surface area contributed by atoms with Gasteiger partial charge in [0.15, 0.2) is 18.0 Å². The number of hydrogen-bond acceptors (Lipinski definition) is 7. The maximum atomic E-state index is 17.2. The van der Waals surface area contributed by atoms with Gasteiger partial charge >= 0.3 is 11.9 Å². The van der Waals surface area contributed by atoms with E-state index < -0.39 is 58.5 Å². The van der Waals surface area contributed by atoms with Crippen LogP contribution >= 0.6 is 0 Å². The van der Waals surface area contributed by atoms with Gasteiger partial charge in [0.25, 0.3) is 0 Å². The van der Waals surface area contributed by atoms with Crippen LogP contribution in [0.2, 0.25) is 0 Å². The molecule has 182 valence electrons. The summed E-state index contributed by atoms with van der Waals surface area (Å²) in [6.45, 7) is 5.46. The predicted octanol–water partition coefficient (Wildman–Crippen LogP) is 3.02. The van der Waals surface area contributed by atoms with Gasteiger partial charge in [0.2, 0.25) is 5.78 Å². The van der Waals surface area contributed by atoms with Crippen LogP contribution in [0, 0.1) is 22.7 Å². The fourth-order valence-electron chi connectivity index (χ4n) is 7.77. The van der Waals surface area contributed by atoms with E-state index in [1.165, 1.54) is 13.8 Å². The average molecular weight is 465 g/mol. The van der Waals surface area contributed by atoms with Crippen LogP contribution in [0.4, 0.5) is 4.39 Å². The normalized spacial score (nSPS) is 44.1. The third-order valence-electron chi connectivity index (χ3n) is 9.34. The fraction of sp³-hybridized carbons (Fsp3) is 0.760. The highest BCUT2D eigenvalue weighted by molar-refractivity contribution is 5.93. The van der Waals surface area contributed by atoms with E-state index in [4.69, 9.17) is 9.47 Å². The van der Waals surface area contributed by atoms with Crippen molar-refractivity contribution in [2.75, 3.05) is 6.61 Å². The Kier molecular flexibility index (Phi) is 5.62. The van der Waals surface area contributed by atoms with E-state index >= 15 is 4.39 Å². The SMILES string of the molecule is CC(=O)OCC(=O)[C@@]1(OC(C)=O)CC[C@H]2[C@@H]3CCC4=CC(=O)CC[C@]4(C)[C@@]3(F)[C@@H](O)C[C@@]21C. The molecule has 4 rings (SSSR count).